The molecule has 0 fully saturated rings. The van der Waals surface area contributed by atoms with Crippen molar-refractivity contribution < 1.29 is 14.6 Å². The van der Waals surface area contributed by atoms with Gasteiger partial charge in [-0.3, -0.25) is 10.1 Å². The van der Waals surface area contributed by atoms with Crippen LogP contribution in [-0.4, -0.2) is 28.3 Å². The summed E-state index contributed by atoms with van der Waals surface area (Å²) in [5.74, 6) is -0.142. The predicted molar refractivity (Wildman–Crippen MR) is 88.0 cm³/mol. The summed E-state index contributed by atoms with van der Waals surface area (Å²) in [5, 5.41) is 21.6. The molecule has 0 radical (unpaired) electrons. The van der Waals surface area contributed by atoms with Gasteiger partial charge in [0.1, 0.15) is 16.5 Å². The van der Waals surface area contributed by atoms with Gasteiger partial charge in [-0.05, 0) is 12.1 Å². The Labute approximate surface area is 136 Å². The summed E-state index contributed by atoms with van der Waals surface area (Å²) in [7, 11) is 1.49. The van der Waals surface area contributed by atoms with Crippen molar-refractivity contribution >= 4 is 22.4 Å². The van der Waals surface area contributed by atoms with Gasteiger partial charge in [0.2, 0.25) is 5.13 Å². The molecule has 1 heterocycles. The third-order valence-electron chi connectivity index (χ3n) is 3.12. The Kier molecular flexibility index (Phi) is 4.20. The van der Waals surface area contributed by atoms with E-state index in [1.54, 1.807) is 6.07 Å². The summed E-state index contributed by atoms with van der Waals surface area (Å²) in [6.07, 6.45) is 0. The first kappa shape index (κ1) is 15.0. The monoisotopic (exact) mass is 327 g/mol. The van der Waals surface area contributed by atoms with Crippen molar-refractivity contribution in [3.63, 3.8) is 0 Å². The molecule has 2 aromatic carbocycles. The predicted octanol–water partition coefficient (Wildman–Crippen LogP) is 3.17. The SMILES string of the molecule is COc1ccc(C(=O)Nc2nnc(-c3ccccc3)s2)c(O)c1. The average molecular weight is 327 g/mol. The minimum atomic E-state index is -0.457. The number of carbonyl (C=O) groups excluding carboxylic acids is 1. The van der Waals surface area contributed by atoms with Crippen LogP contribution in [0.4, 0.5) is 5.13 Å². The van der Waals surface area contributed by atoms with E-state index in [4.69, 9.17) is 4.74 Å². The first-order chi connectivity index (χ1) is 11.2. The molecular weight excluding hydrogens is 314 g/mol. The first-order valence-electron chi connectivity index (χ1n) is 6.74. The fraction of sp³-hybridized carbons (Fsp3) is 0.0625. The van der Waals surface area contributed by atoms with Crippen molar-refractivity contribution in [3.05, 3.63) is 54.1 Å². The molecule has 0 bridgehead atoms. The molecule has 3 rings (SSSR count). The Balaban J connectivity index is 1.77. The van der Waals surface area contributed by atoms with Crippen LogP contribution in [0.1, 0.15) is 10.4 Å². The van der Waals surface area contributed by atoms with Gasteiger partial charge < -0.3 is 9.84 Å². The number of benzene rings is 2. The van der Waals surface area contributed by atoms with Crippen LogP contribution in [0.3, 0.4) is 0 Å². The lowest BCUT2D eigenvalue weighted by atomic mass is 10.2. The Morgan fingerprint density at radius 2 is 1.96 bits per heavy atom. The Bertz CT molecular complexity index is 834. The highest BCUT2D eigenvalue weighted by Crippen LogP contribution is 2.28. The number of phenols is 1. The lowest BCUT2D eigenvalue weighted by Crippen LogP contribution is -2.11. The molecule has 2 N–H and O–H groups in total. The molecule has 0 saturated heterocycles. The van der Waals surface area contributed by atoms with Gasteiger partial charge in [-0.1, -0.05) is 41.7 Å². The van der Waals surface area contributed by atoms with Crippen molar-refractivity contribution in [1.29, 1.82) is 0 Å². The third-order valence-corrected chi connectivity index (χ3v) is 4.00. The molecule has 0 spiro atoms. The van der Waals surface area contributed by atoms with Crippen molar-refractivity contribution in [2.75, 3.05) is 12.4 Å². The molecule has 7 heteroatoms. The van der Waals surface area contributed by atoms with E-state index in [1.807, 2.05) is 30.3 Å². The van der Waals surface area contributed by atoms with Crippen LogP contribution in [-0.2, 0) is 0 Å². The number of nitrogens with zero attached hydrogens (tertiary/aromatic N) is 2. The first-order valence-corrected chi connectivity index (χ1v) is 7.56. The molecule has 23 heavy (non-hydrogen) atoms. The summed E-state index contributed by atoms with van der Waals surface area (Å²) in [5.41, 5.74) is 1.07. The maximum atomic E-state index is 12.2. The number of nitrogens with one attached hydrogen (secondary N) is 1. The number of aromatic nitrogens is 2. The van der Waals surface area contributed by atoms with E-state index in [1.165, 1.54) is 30.6 Å². The maximum Gasteiger partial charge on any atom is 0.261 e. The van der Waals surface area contributed by atoms with Crippen LogP contribution in [0.15, 0.2) is 48.5 Å². The Morgan fingerprint density at radius 1 is 1.17 bits per heavy atom. The number of hydrogen-bond acceptors (Lipinski definition) is 6. The average Bonchev–Trinajstić information content (AvgIpc) is 3.03. The Morgan fingerprint density at radius 3 is 2.65 bits per heavy atom. The number of phenolic OH excluding ortho intramolecular Hbond substituents is 1. The smallest absolute Gasteiger partial charge is 0.261 e. The van der Waals surface area contributed by atoms with Gasteiger partial charge in [0.15, 0.2) is 0 Å². The second kappa shape index (κ2) is 6.45. The lowest BCUT2D eigenvalue weighted by Gasteiger charge is -2.05. The second-order valence-electron chi connectivity index (χ2n) is 4.62. The van der Waals surface area contributed by atoms with E-state index >= 15 is 0 Å². The molecular formula is C16H13N3O3S. The summed E-state index contributed by atoms with van der Waals surface area (Å²) < 4.78 is 4.99. The normalized spacial score (nSPS) is 10.3. The zero-order chi connectivity index (χ0) is 16.2. The zero-order valence-electron chi connectivity index (χ0n) is 12.2. The number of hydrogen-bond donors (Lipinski definition) is 2. The number of aromatic hydroxyl groups is 1. The van der Waals surface area contributed by atoms with E-state index in [9.17, 15) is 9.90 Å². The molecule has 1 aromatic heterocycles. The highest BCUT2D eigenvalue weighted by molar-refractivity contribution is 7.18. The number of carbonyl (C=O) groups is 1. The van der Waals surface area contributed by atoms with E-state index in [0.717, 1.165) is 5.56 Å². The quantitative estimate of drug-likeness (QED) is 0.769. The molecule has 0 saturated carbocycles. The van der Waals surface area contributed by atoms with E-state index in [0.29, 0.717) is 15.9 Å². The van der Waals surface area contributed by atoms with Gasteiger partial charge in [-0.15, -0.1) is 10.2 Å². The number of ether oxygens (including phenoxy) is 1. The molecule has 0 aliphatic rings. The fourth-order valence-corrected chi connectivity index (χ4v) is 2.71. The number of methoxy groups -OCH3 is 1. The standard InChI is InChI=1S/C16H13N3O3S/c1-22-11-7-8-12(13(20)9-11)14(21)17-16-19-18-15(23-16)10-5-3-2-4-6-10/h2-9,20H,1H3,(H,17,19,21). The van der Waals surface area contributed by atoms with E-state index in [2.05, 4.69) is 15.5 Å². The molecule has 1 amide bonds. The van der Waals surface area contributed by atoms with Gasteiger partial charge in [0.05, 0.1) is 12.7 Å². The molecule has 6 nitrogen and oxygen atoms in total. The molecule has 0 aliphatic heterocycles. The van der Waals surface area contributed by atoms with Gasteiger partial charge >= 0.3 is 0 Å². The number of rotatable bonds is 4. The number of anilines is 1. The second-order valence-corrected chi connectivity index (χ2v) is 5.59. The lowest BCUT2D eigenvalue weighted by molar-refractivity contribution is 0.102. The summed E-state index contributed by atoms with van der Waals surface area (Å²) in [6.45, 7) is 0. The molecule has 0 unspecified atom stereocenters. The van der Waals surface area contributed by atoms with Crippen LogP contribution < -0.4 is 10.1 Å². The summed E-state index contributed by atoms with van der Waals surface area (Å²) in [4.78, 5) is 12.2. The zero-order valence-corrected chi connectivity index (χ0v) is 13.0. The highest BCUT2D eigenvalue weighted by Gasteiger charge is 2.15. The van der Waals surface area contributed by atoms with Gasteiger partial charge in [0.25, 0.3) is 5.91 Å². The number of amides is 1. The van der Waals surface area contributed by atoms with Crippen molar-refractivity contribution in [2.24, 2.45) is 0 Å². The minimum Gasteiger partial charge on any atom is -0.507 e. The van der Waals surface area contributed by atoms with E-state index in [-0.39, 0.29) is 11.3 Å². The topological polar surface area (TPSA) is 84.3 Å². The van der Waals surface area contributed by atoms with Gasteiger partial charge in [-0.25, -0.2) is 0 Å². The van der Waals surface area contributed by atoms with Crippen LogP contribution in [0.5, 0.6) is 11.5 Å². The minimum absolute atomic E-state index is 0.141. The van der Waals surface area contributed by atoms with Gasteiger partial charge in [-0.2, -0.15) is 0 Å². The maximum absolute atomic E-state index is 12.2. The van der Waals surface area contributed by atoms with Gasteiger partial charge in [0, 0.05) is 11.6 Å². The summed E-state index contributed by atoms with van der Waals surface area (Å²) >= 11 is 1.26. The molecule has 0 aliphatic carbocycles. The van der Waals surface area contributed by atoms with Crippen LogP contribution in [0, 0.1) is 0 Å². The molecule has 3 aromatic rings. The van der Waals surface area contributed by atoms with Crippen molar-refractivity contribution in [3.8, 4) is 22.1 Å². The third kappa shape index (κ3) is 3.29. The highest BCUT2D eigenvalue weighted by atomic mass is 32.1. The van der Waals surface area contributed by atoms with E-state index < -0.39 is 5.91 Å². The van der Waals surface area contributed by atoms with Crippen LogP contribution >= 0.6 is 11.3 Å². The van der Waals surface area contributed by atoms with Crippen molar-refractivity contribution in [1.82, 2.24) is 10.2 Å². The van der Waals surface area contributed by atoms with Crippen molar-refractivity contribution in [2.45, 2.75) is 0 Å². The summed E-state index contributed by atoms with van der Waals surface area (Å²) in [6, 6.07) is 14.0. The van der Waals surface area contributed by atoms with Crippen LogP contribution in [0.25, 0.3) is 10.6 Å². The Hall–Kier alpha value is -2.93. The largest absolute Gasteiger partial charge is 0.507 e. The molecule has 0 atom stereocenters. The molecule has 116 valence electrons. The fourth-order valence-electron chi connectivity index (χ4n) is 1.97. The van der Waals surface area contributed by atoms with Crippen LogP contribution in [0.2, 0.25) is 0 Å².